The first kappa shape index (κ1) is 8.10. The summed E-state index contributed by atoms with van der Waals surface area (Å²) in [5.74, 6) is 1.79. The molecule has 1 aromatic rings. The Kier molecular flexibility index (Phi) is 1.93. The number of methoxy groups -OCH3 is 1. The second-order valence-corrected chi connectivity index (χ2v) is 3.07. The number of hydrogen-bond donors (Lipinski definition) is 1. The van der Waals surface area contributed by atoms with E-state index in [2.05, 4.69) is 16.9 Å². The van der Waals surface area contributed by atoms with Crippen LogP contribution in [0.25, 0.3) is 0 Å². The van der Waals surface area contributed by atoms with Crippen LogP contribution >= 0.6 is 0 Å². The Morgan fingerprint density at radius 1 is 1.54 bits per heavy atom. The molecule has 0 atom stereocenters. The molecule has 3 nitrogen and oxygen atoms in total. The predicted octanol–water partition coefficient (Wildman–Crippen LogP) is 1.96. The Bertz CT molecular complexity index is 347. The summed E-state index contributed by atoms with van der Waals surface area (Å²) in [5, 5.41) is 3.15. The lowest BCUT2D eigenvalue weighted by Crippen LogP contribution is -2.11. The molecule has 13 heavy (non-hydrogen) atoms. The highest BCUT2D eigenvalue weighted by molar-refractivity contribution is 5.57. The molecule has 0 radical (unpaired) electrons. The summed E-state index contributed by atoms with van der Waals surface area (Å²) >= 11 is 0. The highest BCUT2D eigenvalue weighted by atomic mass is 16.5. The summed E-state index contributed by atoms with van der Waals surface area (Å²) in [4.78, 5) is 4.23. The number of anilines is 1. The highest BCUT2D eigenvalue weighted by Gasteiger charge is 2.15. The van der Waals surface area contributed by atoms with E-state index in [1.54, 1.807) is 13.3 Å². The molecule has 0 amide bonds. The van der Waals surface area contributed by atoms with Crippen molar-refractivity contribution in [3.63, 3.8) is 0 Å². The lowest BCUT2D eigenvalue weighted by Gasteiger charge is -2.20. The minimum Gasteiger partial charge on any atom is -0.496 e. The Hall–Kier alpha value is -1.51. The van der Waals surface area contributed by atoms with Crippen LogP contribution in [0, 0.1) is 0 Å². The zero-order valence-electron chi connectivity index (χ0n) is 7.63. The van der Waals surface area contributed by atoms with E-state index in [0.717, 1.165) is 35.7 Å². The van der Waals surface area contributed by atoms with Crippen molar-refractivity contribution in [2.45, 2.75) is 12.8 Å². The topological polar surface area (TPSA) is 34.1 Å². The van der Waals surface area contributed by atoms with Gasteiger partial charge in [0, 0.05) is 17.5 Å². The van der Waals surface area contributed by atoms with Crippen LogP contribution in [0.4, 0.5) is 5.82 Å². The fraction of sp³-hybridized carbons (Fsp3) is 0.300. The number of ether oxygens (including phenoxy) is 1. The maximum atomic E-state index is 5.24. The molecule has 0 aromatic carbocycles. The SMILES string of the molecule is C=C1CCc2c(OC)ccnc2N1. The van der Waals surface area contributed by atoms with Crippen molar-refractivity contribution >= 4 is 5.82 Å². The van der Waals surface area contributed by atoms with Crippen LogP contribution in [0.3, 0.4) is 0 Å². The van der Waals surface area contributed by atoms with E-state index < -0.39 is 0 Å². The molecule has 68 valence electrons. The third-order valence-electron chi connectivity index (χ3n) is 2.20. The number of rotatable bonds is 1. The van der Waals surface area contributed by atoms with E-state index in [9.17, 15) is 0 Å². The van der Waals surface area contributed by atoms with Gasteiger partial charge in [-0.3, -0.25) is 0 Å². The molecule has 0 saturated heterocycles. The Balaban J connectivity index is 2.45. The number of allylic oxidation sites excluding steroid dienone is 1. The molecular formula is C10H12N2O. The van der Waals surface area contributed by atoms with Gasteiger partial charge in [0.2, 0.25) is 0 Å². The van der Waals surface area contributed by atoms with Crippen molar-refractivity contribution < 1.29 is 4.74 Å². The van der Waals surface area contributed by atoms with Crippen molar-refractivity contribution in [2.75, 3.05) is 12.4 Å². The van der Waals surface area contributed by atoms with Gasteiger partial charge in [-0.1, -0.05) is 6.58 Å². The van der Waals surface area contributed by atoms with Gasteiger partial charge in [-0.15, -0.1) is 0 Å². The van der Waals surface area contributed by atoms with Gasteiger partial charge < -0.3 is 10.1 Å². The van der Waals surface area contributed by atoms with Gasteiger partial charge in [-0.25, -0.2) is 4.98 Å². The molecule has 0 spiro atoms. The van der Waals surface area contributed by atoms with E-state index in [0.29, 0.717) is 0 Å². The van der Waals surface area contributed by atoms with E-state index in [1.165, 1.54) is 0 Å². The molecule has 0 saturated carbocycles. The second kappa shape index (κ2) is 3.09. The van der Waals surface area contributed by atoms with Gasteiger partial charge >= 0.3 is 0 Å². The van der Waals surface area contributed by atoms with E-state index in [4.69, 9.17) is 4.74 Å². The van der Waals surface area contributed by atoms with E-state index >= 15 is 0 Å². The van der Waals surface area contributed by atoms with Crippen LogP contribution in [0.1, 0.15) is 12.0 Å². The monoisotopic (exact) mass is 176 g/mol. The minimum absolute atomic E-state index is 0.885. The zero-order chi connectivity index (χ0) is 9.26. The van der Waals surface area contributed by atoms with Gasteiger partial charge in [0.1, 0.15) is 11.6 Å². The Labute approximate surface area is 77.4 Å². The first-order chi connectivity index (χ1) is 6.31. The summed E-state index contributed by atoms with van der Waals surface area (Å²) in [6.07, 6.45) is 3.65. The van der Waals surface area contributed by atoms with Crippen molar-refractivity contribution in [2.24, 2.45) is 0 Å². The summed E-state index contributed by atoms with van der Waals surface area (Å²) < 4.78 is 5.24. The molecule has 3 heteroatoms. The zero-order valence-corrected chi connectivity index (χ0v) is 7.63. The maximum Gasteiger partial charge on any atom is 0.136 e. The fourth-order valence-corrected chi connectivity index (χ4v) is 1.52. The lowest BCUT2D eigenvalue weighted by atomic mass is 10.0. The van der Waals surface area contributed by atoms with Crippen molar-refractivity contribution in [3.8, 4) is 5.75 Å². The summed E-state index contributed by atoms with van der Waals surface area (Å²) in [6.45, 7) is 3.88. The number of hydrogen-bond acceptors (Lipinski definition) is 3. The van der Waals surface area contributed by atoms with Crippen LogP contribution < -0.4 is 10.1 Å². The standard InChI is InChI=1S/C10H12N2O/c1-7-3-4-8-9(13-2)5-6-11-10(8)12-7/h5-6H,1,3-4H2,2H3,(H,11,12). The molecule has 0 bridgehead atoms. The minimum atomic E-state index is 0.885. The molecule has 1 aromatic heterocycles. The number of fused-ring (bicyclic) bond motifs is 1. The lowest BCUT2D eigenvalue weighted by molar-refractivity contribution is 0.408. The molecule has 1 N–H and O–H groups in total. The van der Waals surface area contributed by atoms with Gasteiger partial charge in [0.15, 0.2) is 0 Å². The molecule has 0 aliphatic carbocycles. The third kappa shape index (κ3) is 1.37. The molecule has 1 aliphatic heterocycles. The van der Waals surface area contributed by atoms with Crippen LogP contribution in [-0.2, 0) is 6.42 Å². The van der Waals surface area contributed by atoms with Gasteiger partial charge in [-0.2, -0.15) is 0 Å². The Morgan fingerprint density at radius 2 is 2.38 bits per heavy atom. The van der Waals surface area contributed by atoms with Crippen molar-refractivity contribution in [3.05, 3.63) is 30.1 Å². The summed E-state index contributed by atoms with van der Waals surface area (Å²) in [6, 6.07) is 1.88. The fourth-order valence-electron chi connectivity index (χ4n) is 1.52. The van der Waals surface area contributed by atoms with E-state index in [1.807, 2.05) is 6.07 Å². The number of nitrogens with one attached hydrogen (secondary N) is 1. The average Bonchev–Trinajstić information content (AvgIpc) is 2.16. The predicted molar refractivity (Wildman–Crippen MR) is 51.9 cm³/mol. The largest absolute Gasteiger partial charge is 0.496 e. The number of pyridine rings is 1. The molecular weight excluding hydrogens is 164 g/mol. The van der Waals surface area contributed by atoms with Crippen LogP contribution in [0.15, 0.2) is 24.5 Å². The van der Waals surface area contributed by atoms with Crippen LogP contribution in [0.5, 0.6) is 5.75 Å². The second-order valence-electron chi connectivity index (χ2n) is 3.07. The maximum absolute atomic E-state index is 5.24. The Morgan fingerprint density at radius 3 is 3.15 bits per heavy atom. The van der Waals surface area contributed by atoms with Gasteiger partial charge in [-0.05, 0) is 18.9 Å². The number of nitrogens with zero attached hydrogens (tertiary/aromatic N) is 1. The van der Waals surface area contributed by atoms with Crippen LogP contribution in [0.2, 0.25) is 0 Å². The first-order valence-electron chi connectivity index (χ1n) is 4.28. The normalized spacial score (nSPS) is 14.7. The molecule has 0 fully saturated rings. The summed E-state index contributed by atoms with van der Waals surface area (Å²) in [7, 11) is 1.68. The smallest absolute Gasteiger partial charge is 0.136 e. The number of aromatic nitrogens is 1. The molecule has 2 heterocycles. The van der Waals surface area contributed by atoms with Crippen LogP contribution in [-0.4, -0.2) is 12.1 Å². The first-order valence-corrected chi connectivity index (χ1v) is 4.28. The highest BCUT2D eigenvalue weighted by Crippen LogP contribution is 2.30. The third-order valence-corrected chi connectivity index (χ3v) is 2.20. The van der Waals surface area contributed by atoms with Gasteiger partial charge in [0.05, 0.1) is 7.11 Å². The summed E-state index contributed by atoms with van der Waals surface area (Å²) in [5.41, 5.74) is 2.17. The van der Waals surface area contributed by atoms with Crippen molar-refractivity contribution in [1.82, 2.24) is 4.98 Å². The molecule has 0 unspecified atom stereocenters. The quantitative estimate of drug-likeness (QED) is 0.710. The molecule has 2 rings (SSSR count). The molecule has 1 aliphatic rings. The van der Waals surface area contributed by atoms with Gasteiger partial charge in [0.25, 0.3) is 0 Å². The van der Waals surface area contributed by atoms with Crippen molar-refractivity contribution in [1.29, 1.82) is 0 Å². The average molecular weight is 176 g/mol. The van der Waals surface area contributed by atoms with E-state index in [-0.39, 0.29) is 0 Å².